The molecule has 108 valence electrons. The van der Waals surface area contributed by atoms with E-state index in [2.05, 4.69) is 15.6 Å². The first kappa shape index (κ1) is 15.1. The number of hydrogen-bond acceptors (Lipinski definition) is 5. The van der Waals surface area contributed by atoms with E-state index in [9.17, 15) is 4.79 Å². The lowest BCUT2D eigenvalue weighted by molar-refractivity contribution is -0.112. The predicted molar refractivity (Wildman–Crippen MR) is 86.1 cm³/mol. The number of hydrogen-bond donors (Lipinski definition) is 2. The van der Waals surface area contributed by atoms with E-state index in [4.69, 9.17) is 5.26 Å². The maximum absolute atomic E-state index is 12.1. The van der Waals surface area contributed by atoms with E-state index >= 15 is 0 Å². The second kappa shape index (κ2) is 6.95. The normalized spacial score (nSPS) is 14.3. The van der Waals surface area contributed by atoms with Crippen LogP contribution < -0.4 is 10.6 Å². The van der Waals surface area contributed by atoms with Gasteiger partial charge in [0.25, 0.3) is 5.91 Å². The van der Waals surface area contributed by atoms with Crippen LogP contribution in [0.5, 0.6) is 0 Å². The summed E-state index contributed by atoms with van der Waals surface area (Å²) in [5.74, 6) is 0.495. The number of thioether (sulfide) groups is 1. The zero-order valence-electron chi connectivity index (χ0n) is 11.9. The lowest BCUT2D eigenvalue weighted by Gasteiger charge is -2.09. The Morgan fingerprint density at radius 3 is 2.95 bits per heavy atom. The maximum Gasteiger partial charge on any atom is 0.267 e. The molecule has 0 atom stereocenters. The monoisotopic (exact) mass is 300 g/mol. The molecule has 1 aliphatic heterocycles. The van der Waals surface area contributed by atoms with Gasteiger partial charge in [0.15, 0.2) is 5.17 Å². The Labute approximate surface area is 128 Å². The van der Waals surface area contributed by atoms with Crippen molar-refractivity contribution in [3.63, 3.8) is 0 Å². The van der Waals surface area contributed by atoms with Crippen LogP contribution in [0, 0.1) is 25.2 Å². The van der Waals surface area contributed by atoms with Gasteiger partial charge in [-0.05, 0) is 31.0 Å². The number of aryl methyl sites for hydroxylation is 1. The fourth-order valence-electron chi connectivity index (χ4n) is 1.78. The third-order valence-corrected chi connectivity index (χ3v) is 4.05. The van der Waals surface area contributed by atoms with Crippen molar-refractivity contribution < 1.29 is 4.79 Å². The third kappa shape index (κ3) is 3.86. The van der Waals surface area contributed by atoms with Crippen LogP contribution in [0.1, 0.15) is 11.1 Å². The number of carbonyl (C=O) groups excluding carboxylic acids is 1. The number of amidine groups is 1. The molecule has 2 rings (SSSR count). The van der Waals surface area contributed by atoms with Crippen molar-refractivity contribution in [3.8, 4) is 6.07 Å². The Hall–Kier alpha value is -2.26. The van der Waals surface area contributed by atoms with Gasteiger partial charge in [-0.3, -0.25) is 9.79 Å². The summed E-state index contributed by atoms with van der Waals surface area (Å²) >= 11 is 1.57. The Morgan fingerprint density at radius 1 is 1.48 bits per heavy atom. The van der Waals surface area contributed by atoms with Crippen molar-refractivity contribution >= 4 is 28.5 Å². The van der Waals surface area contributed by atoms with Crippen LogP contribution in [0.15, 0.2) is 35.0 Å². The average molecular weight is 300 g/mol. The highest BCUT2D eigenvalue weighted by Gasteiger charge is 2.12. The van der Waals surface area contributed by atoms with Gasteiger partial charge in [0.05, 0.1) is 6.54 Å². The summed E-state index contributed by atoms with van der Waals surface area (Å²) in [6.07, 6.45) is 1.40. The molecule has 0 aromatic heterocycles. The van der Waals surface area contributed by atoms with Gasteiger partial charge in [-0.1, -0.05) is 23.9 Å². The van der Waals surface area contributed by atoms with Crippen molar-refractivity contribution in [2.24, 2.45) is 4.99 Å². The molecule has 0 aliphatic carbocycles. The largest absolute Gasteiger partial charge is 0.340 e. The average Bonchev–Trinajstić information content (AvgIpc) is 2.98. The summed E-state index contributed by atoms with van der Waals surface area (Å²) in [5, 5.41) is 15.5. The van der Waals surface area contributed by atoms with E-state index in [0.29, 0.717) is 5.69 Å². The Kier molecular flexibility index (Phi) is 5.01. The van der Waals surface area contributed by atoms with E-state index in [0.717, 1.165) is 28.6 Å². The number of anilines is 1. The summed E-state index contributed by atoms with van der Waals surface area (Å²) in [6, 6.07) is 7.57. The number of benzene rings is 1. The third-order valence-electron chi connectivity index (χ3n) is 3.14. The number of amides is 1. The van der Waals surface area contributed by atoms with Crippen molar-refractivity contribution in [3.05, 3.63) is 41.1 Å². The van der Waals surface area contributed by atoms with Gasteiger partial charge in [-0.25, -0.2) is 0 Å². The lowest BCUT2D eigenvalue weighted by atomic mass is 10.1. The summed E-state index contributed by atoms with van der Waals surface area (Å²) in [6.45, 7) is 4.67. The molecule has 1 aromatic carbocycles. The van der Waals surface area contributed by atoms with Crippen LogP contribution in [0.3, 0.4) is 0 Å². The highest BCUT2D eigenvalue weighted by molar-refractivity contribution is 8.14. The van der Waals surface area contributed by atoms with Gasteiger partial charge in [0.2, 0.25) is 0 Å². The van der Waals surface area contributed by atoms with Crippen molar-refractivity contribution in [2.75, 3.05) is 17.6 Å². The van der Waals surface area contributed by atoms with Crippen LogP contribution in [0.2, 0.25) is 0 Å². The first-order valence-corrected chi connectivity index (χ1v) is 7.52. The Morgan fingerprint density at radius 2 is 2.29 bits per heavy atom. The number of nitriles is 1. The van der Waals surface area contributed by atoms with Crippen LogP contribution in [-0.4, -0.2) is 23.4 Å². The molecule has 1 aliphatic rings. The van der Waals surface area contributed by atoms with Crippen LogP contribution >= 0.6 is 11.8 Å². The van der Waals surface area contributed by atoms with E-state index in [-0.39, 0.29) is 5.57 Å². The smallest absolute Gasteiger partial charge is 0.267 e. The molecule has 0 bridgehead atoms. The minimum absolute atomic E-state index is 0.0195. The fraction of sp³-hybridized carbons (Fsp3) is 0.267. The molecule has 0 spiro atoms. The van der Waals surface area contributed by atoms with Gasteiger partial charge in [-0.2, -0.15) is 5.26 Å². The molecule has 1 heterocycles. The SMILES string of the molecule is Cc1cccc(NC(=O)/C(C#N)=C\NC2=NCCS2)c1C. The highest BCUT2D eigenvalue weighted by atomic mass is 32.2. The zero-order valence-corrected chi connectivity index (χ0v) is 12.8. The molecule has 0 saturated carbocycles. The van der Waals surface area contributed by atoms with Crippen LogP contribution in [0.25, 0.3) is 0 Å². The van der Waals surface area contributed by atoms with Gasteiger partial charge < -0.3 is 10.6 Å². The van der Waals surface area contributed by atoms with Crippen molar-refractivity contribution in [1.29, 1.82) is 5.26 Å². The highest BCUT2D eigenvalue weighted by Crippen LogP contribution is 2.18. The molecular formula is C15H16N4OS. The van der Waals surface area contributed by atoms with Crippen molar-refractivity contribution in [2.45, 2.75) is 13.8 Å². The minimum Gasteiger partial charge on any atom is -0.340 e. The van der Waals surface area contributed by atoms with Gasteiger partial charge in [0, 0.05) is 17.6 Å². The topological polar surface area (TPSA) is 77.3 Å². The first-order chi connectivity index (χ1) is 10.1. The molecule has 1 amide bonds. The number of nitrogens with zero attached hydrogens (tertiary/aromatic N) is 2. The van der Waals surface area contributed by atoms with Crippen LogP contribution in [0.4, 0.5) is 5.69 Å². The summed E-state index contributed by atoms with van der Waals surface area (Å²) in [7, 11) is 0. The Bertz CT molecular complexity index is 658. The van der Waals surface area contributed by atoms with E-state index < -0.39 is 5.91 Å². The predicted octanol–water partition coefficient (Wildman–Crippen LogP) is 2.34. The van der Waals surface area contributed by atoms with E-state index in [1.54, 1.807) is 11.8 Å². The van der Waals surface area contributed by atoms with Gasteiger partial charge >= 0.3 is 0 Å². The number of rotatable bonds is 3. The van der Waals surface area contributed by atoms with Gasteiger partial charge in [-0.15, -0.1) is 0 Å². The van der Waals surface area contributed by atoms with Crippen molar-refractivity contribution in [1.82, 2.24) is 5.32 Å². The second-order valence-corrected chi connectivity index (χ2v) is 5.63. The fourth-order valence-corrected chi connectivity index (χ4v) is 2.48. The summed E-state index contributed by atoms with van der Waals surface area (Å²) in [5.41, 5.74) is 2.82. The van der Waals surface area contributed by atoms with E-state index in [1.807, 2.05) is 38.1 Å². The van der Waals surface area contributed by atoms with Gasteiger partial charge in [0.1, 0.15) is 11.6 Å². The molecule has 0 fully saturated rings. The summed E-state index contributed by atoms with van der Waals surface area (Å²) in [4.78, 5) is 16.3. The molecular weight excluding hydrogens is 284 g/mol. The van der Waals surface area contributed by atoms with Crippen LogP contribution in [-0.2, 0) is 4.79 Å². The maximum atomic E-state index is 12.1. The standard InChI is InChI=1S/C15H16N4OS/c1-10-4-3-5-13(11(10)2)19-14(20)12(8-16)9-18-15-17-6-7-21-15/h3-5,9H,6-7H2,1-2H3,(H,17,18)(H,19,20)/b12-9-. The molecule has 0 saturated heterocycles. The molecule has 0 radical (unpaired) electrons. The number of nitrogens with one attached hydrogen (secondary N) is 2. The van der Waals surface area contributed by atoms with E-state index in [1.165, 1.54) is 6.20 Å². The number of carbonyl (C=O) groups is 1. The quantitative estimate of drug-likeness (QED) is 0.663. The molecule has 5 nitrogen and oxygen atoms in total. The molecule has 1 aromatic rings. The molecule has 0 unspecified atom stereocenters. The molecule has 6 heteroatoms. The number of aliphatic imine (C=N–C) groups is 1. The zero-order chi connectivity index (χ0) is 15.2. The Balaban J connectivity index is 2.08. The summed E-state index contributed by atoms with van der Waals surface area (Å²) < 4.78 is 0. The molecule has 2 N–H and O–H groups in total. The first-order valence-electron chi connectivity index (χ1n) is 6.53. The molecule has 21 heavy (non-hydrogen) atoms. The minimum atomic E-state index is -0.428. The second-order valence-electron chi connectivity index (χ2n) is 4.55. The lowest BCUT2D eigenvalue weighted by Crippen LogP contribution is -2.19.